The second-order valence-corrected chi connectivity index (χ2v) is 4.77. The van der Waals surface area contributed by atoms with Crippen molar-refractivity contribution in [1.29, 1.82) is 0 Å². The summed E-state index contributed by atoms with van der Waals surface area (Å²) in [5.74, 6) is -0.961. The molecule has 0 saturated heterocycles. The third-order valence-corrected chi connectivity index (χ3v) is 3.41. The molecule has 1 aromatic rings. The molecule has 1 amide bonds. The van der Waals surface area contributed by atoms with Crippen LogP contribution in [0.5, 0.6) is 0 Å². The number of aromatic amines is 1. The van der Waals surface area contributed by atoms with E-state index < -0.39 is 5.97 Å². The lowest BCUT2D eigenvalue weighted by Crippen LogP contribution is -2.32. The predicted octanol–water partition coefficient (Wildman–Crippen LogP) is 1.37. The first-order chi connectivity index (χ1) is 8.59. The number of imidazole rings is 1. The Morgan fingerprint density at radius 3 is 2.78 bits per heavy atom. The van der Waals surface area contributed by atoms with Gasteiger partial charge >= 0.3 is 5.97 Å². The van der Waals surface area contributed by atoms with Crippen molar-refractivity contribution in [2.45, 2.75) is 25.7 Å². The fourth-order valence-corrected chi connectivity index (χ4v) is 2.46. The van der Waals surface area contributed by atoms with E-state index in [4.69, 9.17) is 5.11 Å². The van der Waals surface area contributed by atoms with Gasteiger partial charge in [0.15, 0.2) is 11.4 Å². The predicted molar refractivity (Wildman–Crippen MR) is 64.5 cm³/mol. The fourth-order valence-electron chi connectivity index (χ4n) is 2.46. The number of H-pyrrole nitrogens is 1. The van der Waals surface area contributed by atoms with Crippen molar-refractivity contribution in [3.05, 3.63) is 17.7 Å². The lowest BCUT2D eigenvalue weighted by Gasteiger charge is -2.20. The van der Waals surface area contributed by atoms with Crippen LogP contribution in [0.3, 0.4) is 0 Å². The highest BCUT2D eigenvalue weighted by molar-refractivity contribution is 6.02. The third kappa shape index (κ3) is 2.52. The summed E-state index contributed by atoms with van der Waals surface area (Å²) in [5, 5.41) is 8.93. The van der Waals surface area contributed by atoms with Crippen LogP contribution in [0, 0.1) is 5.92 Å². The Hall–Kier alpha value is -1.85. The fraction of sp³-hybridized carbons (Fsp3) is 0.583. The summed E-state index contributed by atoms with van der Waals surface area (Å²) in [4.78, 5) is 30.9. The van der Waals surface area contributed by atoms with Gasteiger partial charge in [-0.05, 0) is 18.8 Å². The maximum atomic E-state index is 12.1. The highest BCUT2D eigenvalue weighted by Crippen LogP contribution is 2.25. The monoisotopic (exact) mass is 251 g/mol. The summed E-state index contributed by atoms with van der Waals surface area (Å²) in [6, 6.07) is 0. The molecule has 1 aliphatic rings. The Bertz CT molecular complexity index is 449. The quantitative estimate of drug-likeness (QED) is 0.846. The first-order valence-corrected chi connectivity index (χ1v) is 6.11. The second-order valence-electron chi connectivity index (χ2n) is 4.77. The van der Waals surface area contributed by atoms with Crippen molar-refractivity contribution in [3.63, 3.8) is 0 Å². The van der Waals surface area contributed by atoms with Crippen LogP contribution in [0.15, 0.2) is 6.33 Å². The van der Waals surface area contributed by atoms with Gasteiger partial charge in [0.1, 0.15) is 0 Å². The smallest absolute Gasteiger partial charge is 0.354 e. The molecular weight excluding hydrogens is 234 g/mol. The van der Waals surface area contributed by atoms with E-state index in [0.29, 0.717) is 12.5 Å². The summed E-state index contributed by atoms with van der Waals surface area (Å²) < 4.78 is 0. The highest BCUT2D eigenvalue weighted by Gasteiger charge is 2.25. The zero-order valence-corrected chi connectivity index (χ0v) is 10.3. The van der Waals surface area contributed by atoms with Crippen LogP contribution in [0.4, 0.5) is 0 Å². The van der Waals surface area contributed by atoms with Crippen molar-refractivity contribution in [2.24, 2.45) is 5.92 Å². The minimum Gasteiger partial charge on any atom is -0.477 e. The number of carboxylic acids is 1. The molecular formula is C12H17N3O3. The molecule has 6 nitrogen and oxygen atoms in total. The maximum Gasteiger partial charge on any atom is 0.354 e. The molecule has 1 fully saturated rings. The number of amides is 1. The molecule has 6 heteroatoms. The van der Waals surface area contributed by atoms with E-state index in [1.165, 1.54) is 19.2 Å². The van der Waals surface area contributed by atoms with Crippen LogP contribution in [0.2, 0.25) is 0 Å². The van der Waals surface area contributed by atoms with Crippen molar-refractivity contribution < 1.29 is 14.7 Å². The molecule has 18 heavy (non-hydrogen) atoms. The molecule has 1 heterocycles. The molecule has 1 saturated carbocycles. The van der Waals surface area contributed by atoms with Crippen LogP contribution in [-0.4, -0.2) is 45.4 Å². The van der Waals surface area contributed by atoms with Crippen LogP contribution in [0.1, 0.15) is 46.7 Å². The van der Waals surface area contributed by atoms with Gasteiger partial charge in [-0.25, -0.2) is 9.78 Å². The molecule has 0 unspecified atom stereocenters. The molecule has 2 rings (SSSR count). The number of nitrogens with zero attached hydrogens (tertiary/aromatic N) is 2. The number of hydrogen-bond acceptors (Lipinski definition) is 3. The van der Waals surface area contributed by atoms with Gasteiger partial charge in [-0.3, -0.25) is 4.79 Å². The van der Waals surface area contributed by atoms with E-state index in [-0.39, 0.29) is 17.3 Å². The first kappa shape index (κ1) is 12.6. The molecule has 0 bridgehead atoms. The number of hydrogen-bond donors (Lipinski definition) is 2. The first-order valence-electron chi connectivity index (χ1n) is 6.11. The summed E-state index contributed by atoms with van der Waals surface area (Å²) in [5.41, 5.74) is -0.152. The van der Waals surface area contributed by atoms with Gasteiger partial charge in [0.25, 0.3) is 5.91 Å². The molecule has 0 atom stereocenters. The Balaban J connectivity index is 2.05. The van der Waals surface area contributed by atoms with Gasteiger partial charge in [-0.1, -0.05) is 12.8 Å². The molecule has 98 valence electrons. The van der Waals surface area contributed by atoms with E-state index in [2.05, 4.69) is 9.97 Å². The lowest BCUT2D eigenvalue weighted by molar-refractivity contribution is 0.0672. The minimum absolute atomic E-state index is 0.0111. The van der Waals surface area contributed by atoms with Crippen LogP contribution < -0.4 is 0 Å². The molecule has 0 aromatic carbocycles. The average molecular weight is 251 g/mol. The molecule has 1 aliphatic carbocycles. The normalized spacial score (nSPS) is 15.8. The SMILES string of the molecule is CN(CC1CCCC1)C(=O)c1nc[nH]c1C(=O)O. The highest BCUT2D eigenvalue weighted by atomic mass is 16.4. The molecule has 1 aromatic heterocycles. The molecule has 2 N–H and O–H groups in total. The Morgan fingerprint density at radius 2 is 2.17 bits per heavy atom. The lowest BCUT2D eigenvalue weighted by atomic mass is 10.1. The van der Waals surface area contributed by atoms with Crippen molar-refractivity contribution >= 4 is 11.9 Å². The number of carboxylic acid groups (broad SMARTS) is 1. The Kier molecular flexibility index (Phi) is 3.64. The number of aromatic nitrogens is 2. The van der Waals surface area contributed by atoms with Gasteiger partial charge in [0.2, 0.25) is 0 Å². The Morgan fingerprint density at radius 1 is 1.50 bits per heavy atom. The number of aromatic carboxylic acids is 1. The standard InChI is InChI=1S/C12H17N3O3/c1-15(6-8-4-2-3-5-8)11(16)9-10(12(17)18)14-7-13-9/h7-8H,2-6H2,1H3,(H,13,14)(H,17,18). The van der Waals surface area contributed by atoms with Gasteiger partial charge in [-0.15, -0.1) is 0 Å². The van der Waals surface area contributed by atoms with E-state index in [1.54, 1.807) is 11.9 Å². The van der Waals surface area contributed by atoms with Gasteiger partial charge in [-0.2, -0.15) is 0 Å². The van der Waals surface area contributed by atoms with Crippen LogP contribution in [0.25, 0.3) is 0 Å². The number of carbonyl (C=O) groups is 2. The van der Waals surface area contributed by atoms with Gasteiger partial charge in [0, 0.05) is 13.6 Å². The number of carbonyl (C=O) groups excluding carboxylic acids is 1. The molecule has 0 aliphatic heterocycles. The summed E-state index contributed by atoms with van der Waals surface area (Å²) in [6.45, 7) is 0.671. The summed E-state index contributed by atoms with van der Waals surface area (Å²) >= 11 is 0. The zero-order valence-electron chi connectivity index (χ0n) is 10.3. The number of rotatable bonds is 4. The molecule has 0 spiro atoms. The van der Waals surface area contributed by atoms with E-state index in [0.717, 1.165) is 12.8 Å². The maximum absolute atomic E-state index is 12.1. The molecule has 0 radical (unpaired) electrons. The topological polar surface area (TPSA) is 86.3 Å². The summed E-state index contributed by atoms with van der Waals surface area (Å²) in [7, 11) is 1.70. The van der Waals surface area contributed by atoms with E-state index in [9.17, 15) is 9.59 Å². The minimum atomic E-state index is -1.16. The van der Waals surface area contributed by atoms with E-state index in [1.807, 2.05) is 0 Å². The van der Waals surface area contributed by atoms with Crippen LogP contribution >= 0.6 is 0 Å². The summed E-state index contributed by atoms with van der Waals surface area (Å²) in [6.07, 6.45) is 5.96. The van der Waals surface area contributed by atoms with Crippen LogP contribution in [-0.2, 0) is 0 Å². The second kappa shape index (κ2) is 5.20. The van der Waals surface area contributed by atoms with Crippen molar-refractivity contribution in [1.82, 2.24) is 14.9 Å². The average Bonchev–Trinajstić information content (AvgIpc) is 2.97. The zero-order chi connectivity index (χ0) is 13.1. The largest absolute Gasteiger partial charge is 0.477 e. The van der Waals surface area contributed by atoms with Gasteiger partial charge < -0.3 is 15.0 Å². The van der Waals surface area contributed by atoms with Crippen molar-refractivity contribution in [3.8, 4) is 0 Å². The third-order valence-electron chi connectivity index (χ3n) is 3.41. The Labute approximate surface area is 105 Å². The van der Waals surface area contributed by atoms with Crippen molar-refractivity contribution in [2.75, 3.05) is 13.6 Å². The van der Waals surface area contributed by atoms with Gasteiger partial charge in [0.05, 0.1) is 6.33 Å². The van der Waals surface area contributed by atoms with E-state index >= 15 is 0 Å². The number of nitrogens with one attached hydrogen (secondary N) is 1.